The highest BCUT2D eigenvalue weighted by Crippen LogP contribution is 2.32. The summed E-state index contributed by atoms with van der Waals surface area (Å²) >= 11 is 9.17. The van der Waals surface area contributed by atoms with Gasteiger partial charge in [-0.15, -0.1) is 0 Å². The van der Waals surface area contributed by atoms with Crippen LogP contribution in [0.5, 0.6) is 0 Å². The van der Waals surface area contributed by atoms with Crippen LogP contribution in [0.1, 0.15) is 0 Å². The van der Waals surface area contributed by atoms with Gasteiger partial charge in [0.15, 0.2) is 4.90 Å². The number of hydrogen-bond donors (Lipinski definition) is 0. The van der Waals surface area contributed by atoms with E-state index in [-0.39, 0.29) is 4.90 Å². The zero-order chi connectivity index (χ0) is 16.5. The van der Waals surface area contributed by atoms with Gasteiger partial charge in [-0.2, -0.15) is 0 Å². The molecule has 0 saturated carbocycles. The number of nitro groups is 1. The average Bonchev–Trinajstić information content (AvgIpc) is 2.49. The minimum Gasteiger partial charge on any atom is -0.269 e. The molecule has 0 atom stereocenters. The summed E-state index contributed by atoms with van der Waals surface area (Å²) in [5, 5.41) is 11.4. The van der Waals surface area contributed by atoms with Gasteiger partial charge in [0.05, 0.1) is 15.6 Å². The third kappa shape index (κ3) is 3.08. The zero-order valence-electron chi connectivity index (χ0n) is 11.2. The minimum absolute atomic E-state index is 0.298. The lowest BCUT2D eigenvalue weighted by atomic mass is 10.3. The van der Waals surface area contributed by atoms with E-state index in [0.29, 0.717) is 15.2 Å². The number of hydrogen-bond acceptors (Lipinski definition) is 4. The molecule has 0 aliphatic carbocycles. The molecule has 0 fully saturated rings. The molecule has 0 aliphatic heterocycles. The Morgan fingerprint density at radius 2 is 1.86 bits per heavy atom. The summed E-state index contributed by atoms with van der Waals surface area (Å²) in [6.07, 6.45) is 0. The molecule has 0 radical (unpaired) electrons. The van der Waals surface area contributed by atoms with Gasteiger partial charge in [-0.3, -0.25) is 14.4 Å². The van der Waals surface area contributed by atoms with Crippen LogP contribution in [-0.2, 0) is 10.0 Å². The smallest absolute Gasteiger partial charge is 0.269 e. The molecule has 2 rings (SSSR count). The summed E-state index contributed by atoms with van der Waals surface area (Å²) in [5.41, 5.74) is -0.177. The Balaban J connectivity index is 2.55. The van der Waals surface area contributed by atoms with Crippen molar-refractivity contribution in [3.8, 4) is 0 Å². The van der Waals surface area contributed by atoms with E-state index in [2.05, 4.69) is 15.9 Å². The average molecular weight is 406 g/mol. The standard InChI is InChI=1S/C13H10BrClN2O4S/c1-16(9-6-7-10(14)11(15)8-9)22(20,21)13-5-3-2-4-12(13)17(18)19/h2-8H,1H3. The Morgan fingerprint density at radius 1 is 1.23 bits per heavy atom. The summed E-state index contributed by atoms with van der Waals surface area (Å²) in [4.78, 5) is 9.92. The maximum absolute atomic E-state index is 12.6. The van der Waals surface area contributed by atoms with Crippen LogP contribution in [0.25, 0.3) is 0 Å². The highest BCUT2D eigenvalue weighted by molar-refractivity contribution is 9.10. The summed E-state index contributed by atoms with van der Waals surface area (Å²) in [6.45, 7) is 0. The molecule has 0 N–H and O–H groups in total. The second-order valence-electron chi connectivity index (χ2n) is 4.30. The maximum Gasteiger partial charge on any atom is 0.289 e. The van der Waals surface area contributed by atoms with E-state index in [9.17, 15) is 18.5 Å². The molecule has 0 unspecified atom stereocenters. The van der Waals surface area contributed by atoms with Crippen molar-refractivity contribution >= 4 is 48.9 Å². The Kier molecular flexibility index (Phi) is 4.74. The van der Waals surface area contributed by atoms with Crippen LogP contribution in [0.2, 0.25) is 5.02 Å². The van der Waals surface area contributed by atoms with Crippen molar-refractivity contribution < 1.29 is 13.3 Å². The van der Waals surface area contributed by atoms with Crippen LogP contribution in [0, 0.1) is 10.1 Å². The lowest BCUT2D eigenvalue weighted by Gasteiger charge is -2.19. The first-order valence-electron chi connectivity index (χ1n) is 5.92. The summed E-state index contributed by atoms with van der Waals surface area (Å²) in [6, 6.07) is 9.79. The fraction of sp³-hybridized carbons (Fsp3) is 0.0769. The number of anilines is 1. The number of nitro benzene ring substituents is 1. The van der Waals surface area contributed by atoms with Crippen molar-refractivity contribution in [1.29, 1.82) is 0 Å². The van der Waals surface area contributed by atoms with E-state index in [1.165, 1.54) is 31.3 Å². The topological polar surface area (TPSA) is 80.5 Å². The molecule has 0 heterocycles. The van der Waals surface area contributed by atoms with Gasteiger partial charge in [-0.1, -0.05) is 23.7 Å². The molecule has 9 heteroatoms. The van der Waals surface area contributed by atoms with Crippen molar-refractivity contribution in [3.63, 3.8) is 0 Å². The van der Waals surface area contributed by atoms with Crippen LogP contribution >= 0.6 is 27.5 Å². The van der Waals surface area contributed by atoms with E-state index in [1.807, 2.05) is 0 Å². The Labute approximate surface area is 140 Å². The molecule has 116 valence electrons. The lowest BCUT2D eigenvalue weighted by Crippen LogP contribution is -2.27. The molecule has 22 heavy (non-hydrogen) atoms. The van der Waals surface area contributed by atoms with Gasteiger partial charge in [0.2, 0.25) is 0 Å². The Bertz CT molecular complexity index is 842. The largest absolute Gasteiger partial charge is 0.289 e. The summed E-state index contributed by atoms with van der Waals surface area (Å²) < 4.78 is 26.8. The number of para-hydroxylation sites is 1. The highest BCUT2D eigenvalue weighted by Gasteiger charge is 2.29. The van der Waals surface area contributed by atoms with E-state index >= 15 is 0 Å². The number of benzene rings is 2. The van der Waals surface area contributed by atoms with Crippen molar-refractivity contribution in [2.45, 2.75) is 4.90 Å². The number of nitrogens with zero attached hydrogens (tertiary/aromatic N) is 2. The normalized spacial score (nSPS) is 11.2. The predicted octanol–water partition coefficient (Wildman–Crippen LogP) is 3.84. The maximum atomic E-state index is 12.6. The second-order valence-corrected chi connectivity index (χ2v) is 7.49. The van der Waals surface area contributed by atoms with Gasteiger partial charge in [-0.05, 0) is 40.2 Å². The first kappa shape index (κ1) is 16.7. The van der Waals surface area contributed by atoms with Gasteiger partial charge in [0.25, 0.3) is 15.7 Å². The molecule has 0 amide bonds. The van der Waals surface area contributed by atoms with Gasteiger partial charge in [0.1, 0.15) is 0 Å². The minimum atomic E-state index is -4.08. The summed E-state index contributed by atoms with van der Waals surface area (Å²) in [7, 11) is -2.77. The number of halogens is 2. The van der Waals surface area contributed by atoms with Crippen LogP contribution in [0.4, 0.5) is 11.4 Å². The first-order chi connectivity index (χ1) is 10.2. The Hall–Kier alpha value is -1.64. The molecule has 0 aromatic heterocycles. The molecular weight excluding hydrogens is 396 g/mol. The number of rotatable bonds is 4. The lowest BCUT2D eigenvalue weighted by molar-refractivity contribution is -0.387. The van der Waals surface area contributed by atoms with E-state index < -0.39 is 20.6 Å². The second kappa shape index (κ2) is 6.23. The molecule has 0 aliphatic rings. The van der Waals surface area contributed by atoms with Crippen LogP contribution < -0.4 is 4.31 Å². The van der Waals surface area contributed by atoms with E-state index in [1.54, 1.807) is 12.1 Å². The van der Waals surface area contributed by atoms with E-state index in [4.69, 9.17) is 11.6 Å². The van der Waals surface area contributed by atoms with Gasteiger partial charge in [-0.25, -0.2) is 8.42 Å². The van der Waals surface area contributed by atoms with Crippen molar-refractivity contribution in [3.05, 3.63) is 62.1 Å². The quantitative estimate of drug-likeness (QED) is 0.572. The summed E-state index contributed by atoms with van der Waals surface area (Å²) in [5.74, 6) is 0. The SMILES string of the molecule is CN(c1ccc(Br)c(Cl)c1)S(=O)(=O)c1ccccc1[N+](=O)[O-]. The van der Waals surface area contributed by atoms with Crippen molar-refractivity contribution in [2.24, 2.45) is 0 Å². The van der Waals surface area contributed by atoms with E-state index in [0.717, 1.165) is 10.4 Å². The van der Waals surface area contributed by atoms with Crippen LogP contribution in [0.15, 0.2) is 51.8 Å². The third-order valence-corrected chi connectivity index (χ3v) is 6.03. The van der Waals surface area contributed by atoms with Crippen LogP contribution in [0.3, 0.4) is 0 Å². The highest BCUT2D eigenvalue weighted by atomic mass is 79.9. The predicted molar refractivity (Wildman–Crippen MR) is 87.8 cm³/mol. The van der Waals surface area contributed by atoms with Gasteiger partial charge >= 0.3 is 0 Å². The molecule has 6 nitrogen and oxygen atoms in total. The van der Waals surface area contributed by atoms with Crippen LogP contribution in [-0.4, -0.2) is 20.4 Å². The zero-order valence-corrected chi connectivity index (χ0v) is 14.4. The molecule has 0 spiro atoms. The Morgan fingerprint density at radius 3 is 2.45 bits per heavy atom. The van der Waals surface area contributed by atoms with Crippen molar-refractivity contribution in [2.75, 3.05) is 11.4 Å². The van der Waals surface area contributed by atoms with Gasteiger partial charge in [0, 0.05) is 17.6 Å². The third-order valence-electron chi connectivity index (χ3n) is 2.97. The molecular formula is C13H10BrClN2O4S. The van der Waals surface area contributed by atoms with Gasteiger partial charge < -0.3 is 0 Å². The fourth-order valence-electron chi connectivity index (χ4n) is 1.79. The molecule has 0 saturated heterocycles. The monoisotopic (exact) mass is 404 g/mol. The molecule has 2 aromatic rings. The fourth-order valence-corrected chi connectivity index (χ4v) is 3.56. The number of sulfonamides is 1. The van der Waals surface area contributed by atoms with Crippen molar-refractivity contribution in [1.82, 2.24) is 0 Å². The molecule has 0 bridgehead atoms. The first-order valence-corrected chi connectivity index (χ1v) is 8.53. The molecule has 2 aromatic carbocycles.